The van der Waals surface area contributed by atoms with Crippen LogP contribution in [0.2, 0.25) is 0 Å². The Hall–Kier alpha value is -1.03. The fourth-order valence-electron chi connectivity index (χ4n) is 0.953. The van der Waals surface area contributed by atoms with Crippen LogP contribution in [0.5, 0.6) is 0 Å². The van der Waals surface area contributed by atoms with Gasteiger partial charge in [-0.25, -0.2) is 0 Å². The third-order valence-electron chi connectivity index (χ3n) is 1.62. The van der Waals surface area contributed by atoms with Gasteiger partial charge in [0.1, 0.15) is 0 Å². The molecule has 3 nitrogen and oxygen atoms in total. The average molecular weight is 256 g/mol. The van der Waals surface area contributed by atoms with Gasteiger partial charge >= 0.3 is 0 Å². The second-order valence-corrected chi connectivity index (χ2v) is 3.81. The summed E-state index contributed by atoms with van der Waals surface area (Å²) in [6, 6.07) is 7.79. The Kier molecular flexibility index (Phi) is 4.46. The molecule has 0 aromatic heterocycles. The molecule has 1 aromatic rings. The predicted molar refractivity (Wildman–Crippen MR) is 64.5 cm³/mol. The van der Waals surface area contributed by atoms with Gasteiger partial charge in [0.25, 0.3) is 0 Å². The van der Waals surface area contributed by atoms with Crippen molar-refractivity contribution in [3.05, 3.63) is 28.7 Å². The molecular formula is C10H14BrN3. The maximum atomic E-state index is 5.66. The lowest BCUT2D eigenvalue weighted by molar-refractivity contribution is 0.929. The molecule has 76 valence electrons. The Morgan fingerprint density at radius 1 is 1.43 bits per heavy atom. The molecular weight excluding hydrogens is 242 g/mol. The highest BCUT2D eigenvalue weighted by Crippen LogP contribution is 2.13. The number of guanidine groups is 1. The van der Waals surface area contributed by atoms with Crippen LogP contribution in [-0.4, -0.2) is 12.5 Å². The minimum atomic E-state index is 0.467. The molecule has 0 fully saturated rings. The predicted octanol–water partition coefficient (Wildman–Crippen LogP) is 2.59. The number of nitrogens with zero attached hydrogens (tertiary/aromatic N) is 1. The molecule has 0 unspecified atom stereocenters. The van der Waals surface area contributed by atoms with Gasteiger partial charge < -0.3 is 11.1 Å². The van der Waals surface area contributed by atoms with Crippen molar-refractivity contribution in [1.29, 1.82) is 0 Å². The van der Waals surface area contributed by atoms with E-state index in [9.17, 15) is 0 Å². The normalized spacial score (nSPS) is 11.4. The Balaban J connectivity index is 2.56. The third kappa shape index (κ3) is 3.79. The quantitative estimate of drug-likeness (QED) is 0.645. The first-order chi connectivity index (χ1) is 6.72. The topological polar surface area (TPSA) is 50.4 Å². The largest absolute Gasteiger partial charge is 0.370 e. The lowest BCUT2D eigenvalue weighted by atomic mass is 10.3. The van der Waals surface area contributed by atoms with Crippen molar-refractivity contribution in [3.8, 4) is 0 Å². The van der Waals surface area contributed by atoms with E-state index >= 15 is 0 Å². The molecule has 3 N–H and O–H groups in total. The van der Waals surface area contributed by atoms with Gasteiger partial charge in [-0.2, -0.15) is 0 Å². The summed E-state index contributed by atoms with van der Waals surface area (Å²) in [5.41, 5.74) is 6.61. The van der Waals surface area contributed by atoms with Crippen LogP contribution in [0.4, 0.5) is 5.69 Å². The number of hydrogen-bond donors (Lipinski definition) is 2. The number of nitrogens with one attached hydrogen (secondary N) is 1. The molecule has 0 spiro atoms. The minimum Gasteiger partial charge on any atom is -0.370 e. The van der Waals surface area contributed by atoms with Crippen LogP contribution < -0.4 is 11.1 Å². The number of anilines is 1. The second kappa shape index (κ2) is 5.65. The summed E-state index contributed by atoms with van der Waals surface area (Å²) in [5, 5.41) is 3.01. The summed E-state index contributed by atoms with van der Waals surface area (Å²) >= 11 is 3.36. The first kappa shape index (κ1) is 11.0. The van der Waals surface area contributed by atoms with Crippen LogP contribution in [0.25, 0.3) is 0 Å². The molecule has 0 amide bonds. The first-order valence-electron chi connectivity index (χ1n) is 4.55. The molecule has 0 aliphatic carbocycles. The third-order valence-corrected chi connectivity index (χ3v) is 2.15. The van der Waals surface area contributed by atoms with Gasteiger partial charge in [-0.1, -0.05) is 22.9 Å². The van der Waals surface area contributed by atoms with Crippen LogP contribution >= 0.6 is 15.9 Å². The number of halogens is 1. The summed E-state index contributed by atoms with van der Waals surface area (Å²) in [7, 11) is 0. The van der Waals surface area contributed by atoms with Gasteiger partial charge in [0.15, 0.2) is 5.96 Å². The second-order valence-electron chi connectivity index (χ2n) is 2.90. The van der Waals surface area contributed by atoms with Crippen LogP contribution in [0.3, 0.4) is 0 Å². The molecule has 0 bridgehead atoms. The van der Waals surface area contributed by atoms with Crippen LogP contribution in [0, 0.1) is 0 Å². The molecule has 0 aliphatic rings. The van der Waals surface area contributed by atoms with Crippen molar-refractivity contribution in [2.45, 2.75) is 13.3 Å². The van der Waals surface area contributed by atoms with E-state index in [0.29, 0.717) is 5.96 Å². The zero-order chi connectivity index (χ0) is 10.4. The zero-order valence-electron chi connectivity index (χ0n) is 8.13. The SMILES string of the molecule is CCCN=C(N)Nc1ccc(Br)cc1. The van der Waals surface area contributed by atoms with Crippen LogP contribution in [0.1, 0.15) is 13.3 Å². The van der Waals surface area contributed by atoms with E-state index in [0.717, 1.165) is 23.1 Å². The summed E-state index contributed by atoms with van der Waals surface area (Å²) < 4.78 is 1.05. The van der Waals surface area contributed by atoms with Crippen LogP contribution in [-0.2, 0) is 0 Å². The highest BCUT2D eigenvalue weighted by Gasteiger charge is 1.93. The molecule has 0 radical (unpaired) electrons. The molecule has 0 atom stereocenters. The fraction of sp³-hybridized carbons (Fsp3) is 0.300. The van der Waals surface area contributed by atoms with E-state index in [-0.39, 0.29) is 0 Å². The summed E-state index contributed by atoms with van der Waals surface area (Å²) in [6.07, 6.45) is 1.00. The molecule has 0 saturated heterocycles. The van der Waals surface area contributed by atoms with Crippen LogP contribution in [0.15, 0.2) is 33.7 Å². The number of aliphatic imine (C=N–C) groups is 1. The van der Waals surface area contributed by atoms with E-state index in [2.05, 4.69) is 33.2 Å². The maximum Gasteiger partial charge on any atom is 0.193 e. The Morgan fingerprint density at radius 2 is 2.07 bits per heavy atom. The summed E-state index contributed by atoms with van der Waals surface area (Å²) in [6.45, 7) is 2.83. The lowest BCUT2D eigenvalue weighted by Gasteiger charge is -2.04. The van der Waals surface area contributed by atoms with Crippen molar-refractivity contribution in [3.63, 3.8) is 0 Å². The van der Waals surface area contributed by atoms with Crippen molar-refractivity contribution in [2.75, 3.05) is 11.9 Å². The number of hydrogen-bond acceptors (Lipinski definition) is 1. The highest BCUT2D eigenvalue weighted by molar-refractivity contribution is 9.10. The molecule has 0 saturated carbocycles. The number of benzene rings is 1. The van der Waals surface area contributed by atoms with Gasteiger partial charge in [0.2, 0.25) is 0 Å². The van der Waals surface area contributed by atoms with Gasteiger partial charge in [-0.3, -0.25) is 4.99 Å². The monoisotopic (exact) mass is 255 g/mol. The number of nitrogens with two attached hydrogens (primary N) is 1. The van der Waals surface area contributed by atoms with E-state index < -0.39 is 0 Å². The average Bonchev–Trinajstić information content (AvgIpc) is 2.18. The number of rotatable bonds is 3. The van der Waals surface area contributed by atoms with Crippen molar-refractivity contribution < 1.29 is 0 Å². The van der Waals surface area contributed by atoms with Gasteiger partial charge in [-0.05, 0) is 30.7 Å². The molecule has 0 aliphatic heterocycles. The van der Waals surface area contributed by atoms with Gasteiger partial charge in [-0.15, -0.1) is 0 Å². The molecule has 1 aromatic carbocycles. The zero-order valence-corrected chi connectivity index (χ0v) is 9.71. The fourth-order valence-corrected chi connectivity index (χ4v) is 1.22. The van der Waals surface area contributed by atoms with E-state index in [1.807, 2.05) is 24.3 Å². The van der Waals surface area contributed by atoms with Gasteiger partial charge in [0.05, 0.1) is 0 Å². The van der Waals surface area contributed by atoms with E-state index in [1.54, 1.807) is 0 Å². The molecule has 14 heavy (non-hydrogen) atoms. The Labute approximate surface area is 92.5 Å². The Morgan fingerprint density at radius 3 is 2.64 bits per heavy atom. The summed E-state index contributed by atoms with van der Waals surface area (Å²) in [5.74, 6) is 0.467. The van der Waals surface area contributed by atoms with Crippen molar-refractivity contribution in [1.82, 2.24) is 0 Å². The first-order valence-corrected chi connectivity index (χ1v) is 5.34. The highest BCUT2D eigenvalue weighted by atomic mass is 79.9. The molecule has 1 rings (SSSR count). The maximum absolute atomic E-state index is 5.66. The van der Waals surface area contributed by atoms with Crippen molar-refractivity contribution in [2.24, 2.45) is 10.7 Å². The summed E-state index contributed by atoms with van der Waals surface area (Å²) in [4.78, 5) is 4.13. The smallest absolute Gasteiger partial charge is 0.193 e. The van der Waals surface area contributed by atoms with E-state index in [4.69, 9.17) is 5.73 Å². The molecule has 4 heteroatoms. The standard InChI is InChI=1S/C10H14BrN3/c1-2-7-13-10(12)14-9-5-3-8(11)4-6-9/h3-6H,2,7H2,1H3,(H3,12,13,14). The Bertz CT molecular complexity index is 306. The van der Waals surface area contributed by atoms with E-state index in [1.165, 1.54) is 0 Å². The lowest BCUT2D eigenvalue weighted by Crippen LogP contribution is -2.22. The van der Waals surface area contributed by atoms with Crippen molar-refractivity contribution >= 4 is 27.6 Å². The van der Waals surface area contributed by atoms with Gasteiger partial charge in [0, 0.05) is 16.7 Å². The minimum absolute atomic E-state index is 0.467. The molecule has 0 heterocycles.